The largest absolute Gasteiger partial charge is 0.396 e. The van der Waals surface area contributed by atoms with Gasteiger partial charge < -0.3 is 10.5 Å². The zero-order chi connectivity index (χ0) is 11.1. The van der Waals surface area contributed by atoms with Gasteiger partial charge in [0.15, 0.2) is 5.16 Å². The van der Waals surface area contributed by atoms with Gasteiger partial charge >= 0.3 is 0 Å². The number of aliphatic hydroxyl groups excluding tert-OH is 1. The molecule has 0 aromatic carbocycles. The third kappa shape index (κ3) is 4.25. The number of hydrogen-bond donors (Lipinski definition) is 3. The van der Waals surface area contributed by atoms with E-state index < -0.39 is 0 Å². The van der Waals surface area contributed by atoms with Crippen LogP contribution in [0.15, 0.2) is 16.2 Å². The molecule has 4 N–H and O–H groups in total. The van der Waals surface area contributed by atoms with Gasteiger partial charge in [0, 0.05) is 18.4 Å². The molecule has 5 nitrogen and oxygen atoms in total. The highest BCUT2D eigenvalue weighted by molar-refractivity contribution is 7.99. The Balaban J connectivity index is 2.68. The lowest BCUT2D eigenvalue weighted by atomic mass is 10.5. The number of nitrogens with zero attached hydrogens (tertiary/aromatic N) is 2. The van der Waals surface area contributed by atoms with E-state index in [9.17, 15) is 0 Å². The minimum Gasteiger partial charge on any atom is -0.396 e. The average Bonchev–Trinajstić information content (AvgIpc) is 2.29. The molecule has 0 spiro atoms. The predicted molar refractivity (Wildman–Crippen MR) is 64.0 cm³/mol. The quantitative estimate of drug-likeness (QED) is 0.172. The standard InChI is InChI=1S/C8H14N4OS2/c1-14-8-10-6(12-9)5-7(11-8)15-4-2-3-13/h5,13H,2-4,9H2,1H3,(H,10,11,12). The molecule has 7 heteroatoms. The normalized spacial score (nSPS) is 10.3. The summed E-state index contributed by atoms with van der Waals surface area (Å²) in [4.78, 5) is 8.46. The van der Waals surface area contributed by atoms with Crippen LogP contribution in [0.5, 0.6) is 0 Å². The average molecular weight is 246 g/mol. The number of aromatic nitrogens is 2. The molecule has 0 radical (unpaired) electrons. The van der Waals surface area contributed by atoms with Gasteiger partial charge in [-0.05, 0) is 12.7 Å². The minimum absolute atomic E-state index is 0.204. The number of nitrogens with one attached hydrogen (secondary N) is 1. The van der Waals surface area contributed by atoms with E-state index >= 15 is 0 Å². The highest BCUT2D eigenvalue weighted by atomic mass is 32.2. The number of hydrazine groups is 1. The van der Waals surface area contributed by atoms with Crippen molar-refractivity contribution in [1.29, 1.82) is 0 Å². The van der Waals surface area contributed by atoms with Gasteiger partial charge in [0.05, 0.1) is 0 Å². The maximum absolute atomic E-state index is 8.66. The van der Waals surface area contributed by atoms with Crippen molar-refractivity contribution in [2.45, 2.75) is 16.6 Å². The zero-order valence-electron chi connectivity index (χ0n) is 8.43. The third-order valence-electron chi connectivity index (χ3n) is 1.56. The Hall–Kier alpha value is -0.500. The second kappa shape index (κ2) is 6.89. The molecule has 15 heavy (non-hydrogen) atoms. The first kappa shape index (κ1) is 12.6. The number of rotatable bonds is 6. The molecule has 1 rings (SSSR count). The van der Waals surface area contributed by atoms with Crippen molar-refractivity contribution in [2.75, 3.05) is 24.0 Å². The van der Waals surface area contributed by atoms with Gasteiger partial charge in [-0.2, -0.15) is 0 Å². The van der Waals surface area contributed by atoms with Crippen LogP contribution in [0.25, 0.3) is 0 Å². The molecule has 0 bridgehead atoms. The summed E-state index contributed by atoms with van der Waals surface area (Å²) in [5, 5.41) is 10.2. The lowest BCUT2D eigenvalue weighted by Gasteiger charge is -2.05. The number of nitrogens with two attached hydrogens (primary N) is 1. The first-order valence-corrected chi connectivity index (χ1v) is 6.64. The molecule has 1 heterocycles. The maximum atomic E-state index is 8.66. The smallest absolute Gasteiger partial charge is 0.190 e. The highest BCUT2D eigenvalue weighted by Crippen LogP contribution is 2.21. The molecule has 0 aliphatic carbocycles. The molecule has 1 aromatic rings. The van der Waals surface area contributed by atoms with Crippen LogP contribution in [0.3, 0.4) is 0 Å². The van der Waals surface area contributed by atoms with Gasteiger partial charge in [-0.15, -0.1) is 11.8 Å². The van der Waals surface area contributed by atoms with Gasteiger partial charge in [0.2, 0.25) is 0 Å². The zero-order valence-corrected chi connectivity index (χ0v) is 10.1. The first-order chi connectivity index (χ1) is 7.30. The Kier molecular flexibility index (Phi) is 5.77. The summed E-state index contributed by atoms with van der Waals surface area (Å²) in [6.45, 7) is 0.204. The molecule has 0 unspecified atom stereocenters. The van der Waals surface area contributed by atoms with Crippen LogP contribution >= 0.6 is 23.5 Å². The Morgan fingerprint density at radius 2 is 2.33 bits per heavy atom. The fraction of sp³-hybridized carbons (Fsp3) is 0.500. The number of aliphatic hydroxyl groups is 1. The van der Waals surface area contributed by atoms with Crippen molar-refractivity contribution in [3.05, 3.63) is 6.07 Å². The van der Waals surface area contributed by atoms with E-state index in [-0.39, 0.29) is 6.61 Å². The van der Waals surface area contributed by atoms with Crippen molar-refractivity contribution in [3.63, 3.8) is 0 Å². The molecule has 0 fully saturated rings. The Bertz CT molecular complexity index is 288. The molecule has 84 valence electrons. The van der Waals surface area contributed by atoms with Gasteiger partial charge in [-0.1, -0.05) is 11.8 Å². The van der Waals surface area contributed by atoms with E-state index in [1.807, 2.05) is 6.26 Å². The van der Waals surface area contributed by atoms with E-state index in [2.05, 4.69) is 15.4 Å². The fourth-order valence-electron chi connectivity index (χ4n) is 0.884. The summed E-state index contributed by atoms with van der Waals surface area (Å²) in [6, 6.07) is 1.79. The SMILES string of the molecule is CSc1nc(NN)cc(SCCCO)n1. The van der Waals surface area contributed by atoms with Gasteiger partial charge in [-0.3, -0.25) is 0 Å². The number of thioether (sulfide) groups is 2. The van der Waals surface area contributed by atoms with Crippen LogP contribution in [-0.4, -0.2) is 33.7 Å². The van der Waals surface area contributed by atoms with Crippen LogP contribution in [0.2, 0.25) is 0 Å². The molecular formula is C8H14N4OS2. The maximum Gasteiger partial charge on any atom is 0.190 e. The Labute approximate surface area is 97.2 Å². The topological polar surface area (TPSA) is 84.1 Å². The van der Waals surface area contributed by atoms with Crippen molar-refractivity contribution in [1.82, 2.24) is 9.97 Å². The lowest BCUT2D eigenvalue weighted by molar-refractivity contribution is 0.296. The van der Waals surface area contributed by atoms with Gasteiger partial charge in [0.1, 0.15) is 10.8 Å². The minimum atomic E-state index is 0.204. The molecule has 0 atom stereocenters. The number of anilines is 1. The second-order valence-corrected chi connectivity index (χ2v) is 4.54. The Morgan fingerprint density at radius 1 is 1.53 bits per heavy atom. The predicted octanol–water partition coefficient (Wildman–Crippen LogP) is 0.959. The van der Waals surface area contributed by atoms with Gasteiger partial charge in [-0.25, -0.2) is 15.8 Å². The lowest BCUT2D eigenvalue weighted by Crippen LogP contribution is -2.09. The second-order valence-electron chi connectivity index (χ2n) is 2.65. The molecular weight excluding hydrogens is 232 g/mol. The van der Waals surface area contributed by atoms with Crippen molar-refractivity contribution >= 4 is 29.3 Å². The van der Waals surface area contributed by atoms with Crippen LogP contribution in [0.1, 0.15) is 6.42 Å². The first-order valence-electron chi connectivity index (χ1n) is 4.43. The van der Waals surface area contributed by atoms with E-state index in [1.165, 1.54) is 11.8 Å². The van der Waals surface area contributed by atoms with E-state index in [1.54, 1.807) is 17.8 Å². The molecule has 0 aliphatic rings. The molecule has 0 aliphatic heterocycles. The summed E-state index contributed by atoms with van der Waals surface area (Å²) < 4.78 is 0. The molecule has 0 saturated heterocycles. The van der Waals surface area contributed by atoms with Crippen molar-refractivity contribution in [3.8, 4) is 0 Å². The summed E-state index contributed by atoms with van der Waals surface area (Å²) in [5.74, 6) is 6.75. The molecule has 0 saturated carbocycles. The van der Waals surface area contributed by atoms with Crippen molar-refractivity contribution < 1.29 is 5.11 Å². The van der Waals surface area contributed by atoms with E-state index in [0.717, 1.165) is 17.2 Å². The van der Waals surface area contributed by atoms with Crippen molar-refractivity contribution in [2.24, 2.45) is 5.84 Å². The van der Waals surface area contributed by atoms with E-state index in [4.69, 9.17) is 10.9 Å². The van der Waals surface area contributed by atoms with Crippen LogP contribution in [-0.2, 0) is 0 Å². The highest BCUT2D eigenvalue weighted by Gasteiger charge is 2.03. The fourth-order valence-corrected chi connectivity index (χ4v) is 2.15. The Morgan fingerprint density at radius 3 is 2.93 bits per heavy atom. The summed E-state index contributed by atoms with van der Waals surface area (Å²) in [7, 11) is 0. The summed E-state index contributed by atoms with van der Waals surface area (Å²) >= 11 is 3.06. The van der Waals surface area contributed by atoms with E-state index in [0.29, 0.717) is 11.0 Å². The molecule has 1 aromatic heterocycles. The summed E-state index contributed by atoms with van der Waals surface area (Å²) in [5.41, 5.74) is 2.51. The molecule has 0 amide bonds. The summed E-state index contributed by atoms with van der Waals surface area (Å²) in [6.07, 6.45) is 2.67. The number of nitrogen functional groups attached to an aromatic ring is 1. The van der Waals surface area contributed by atoms with Crippen LogP contribution < -0.4 is 11.3 Å². The van der Waals surface area contributed by atoms with Crippen LogP contribution in [0.4, 0.5) is 5.82 Å². The van der Waals surface area contributed by atoms with Gasteiger partial charge in [0.25, 0.3) is 0 Å². The third-order valence-corrected chi connectivity index (χ3v) is 3.11. The monoisotopic (exact) mass is 246 g/mol. The van der Waals surface area contributed by atoms with Crippen LogP contribution in [0, 0.1) is 0 Å². The number of hydrogen-bond acceptors (Lipinski definition) is 7.